The minimum atomic E-state index is -0.450. The molecule has 0 radical (unpaired) electrons. The highest BCUT2D eigenvalue weighted by atomic mass is 16.5. The van der Waals surface area contributed by atoms with Crippen molar-refractivity contribution in [3.63, 3.8) is 0 Å². The Morgan fingerprint density at radius 3 is 3.00 bits per heavy atom. The van der Waals surface area contributed by atoms with Gasteiger partial charge in [0.25, 0.3) is 0 Å². The summed E-state index contributed by atoms with van der Waals surface area (Å²) < 4.78 is 7.48. The number of hydrogen-bond donors (Lipinski definition) is 1. The van der Waals surface area contributed by atoms with Crippen molar-refractivity contribution in [2.75, 3.05) is 7.11 Å². The van der Waals surface area contributed by atoms with Crippen LogP contribution in [0.15, 0.2) is 12.4 Å². The maximum atomic E-state index is 10.5. The fourth-order valence-electron chi connectivity index (χ4n) is 3.15. The summed E-state index contributed by atoms with van der Waals surface area (Å²) in [5, 5.41) is 14.7. The van der Waals surface area contributed by atoms with Gasteiger partial charge in [0.1, 0.15) is 0 Å². The molecule has 102 valence electrons. The van der Waals surface area contributed by atoms with Crippen LogP contribution in [-0.2, 0) is 18.2 Å². The van der Waals surface area contributed by atoms with E-state index in [4.69, 9.17) is 4.74 Å². The lowest BCUT2D eigenvalue weighted by Gasteiger charge is -2.42. The van der Waals surface area contributed by atoms with Gasteiger partial charge in [0.05, 0.1) is 17.9 Å². The van der Waals surface area contributed by atoms with Crippen LogP contribution < -0.4 is 0 Å². The van der Waals surface area contributed by atoms with Crippen molar-refractivity contribution in [2.24, 2.45) is 13.0 Å². The zero-order valence-corrected chi connectivity index (χ0v) is 11.6. The third kappa shape index (κ3) is 2.75. The maximum absolute atomic E-state index is 10.5. The Labute approximate surface area is 109 Å². The van der Waals surface area contributed by atoms with Gasteiger partial charge in [-0.15, -0.1) is 0 Å². The van der Waals surface area contributed by atoms with Crippen LogP contribution in [-0.4, -0.2) is 33.7 Å². The Bertz CT molecular complexity index is 391. The Morgan fingerprint density at radius 1 is 1.67 bits per heavy atom. The van der Waals surface area contributed by atoms with Gasteiger partial charge in [0.2, 0.25) is 0 Å². The van der Waals surface area contributed by atoms with Gasteiger partial charge < -0.3 is 9.84 Å². The molecular formula is C14H24N2O2. The summed E-state index contributed by atoms with van der Waals surface area (Å²) in [5.74, 6) is 0.627. The average molecular weight is 252 g/mol. The van der Waals surface area contributed by atoms with Crippen LogP contribution in [0.3, 0.4) is 0 Å². The lowest BCUT2D eigenvalue weighted by Crippen LogP contribution is -2.48. The van der Waals surface area contributed by atoms with Crippen molar-refractivity contribution < 1.29 is 9.84 Å². The molecule has 3 atom stereocenters. The van der Waals surface area contributed by atoms with Crippen molar-refractivity contribution in [3.8, 4) is 0 Å². The predicted octanol–water partition coefficient (Wildman–Crippen LogP) is 1.92. The topological polar surface area (TPSA) is 47.3 Å². The van der Waals surface area contributed by atoms with Crippen molar-refractivity contribution in [2.45, 2.75) is 50.7 Å². The summed E-state index contributed by atoms with van der Waals surface area (Å²) in [6, 6.07) is 0. The first-order valence-electron chi connectivity index (χ1n) is 6.76. The summed E-state index contributed by atoms with van der Waals surface area (Å²) in [7, 11) is 3.62. The number of rotatable bonds is 4. The van der Waals surface area contributed by atoms with Crippen LogP contribution in [0.5, 0.6) is 0 Å². The normalized spacial score (nSPS) is 30.3. The van der Waals surface area contributed by atoms with Crippen LogP contribution in [0, 0.1) is 5.92 Å². The van der Waals surface area contributed by atoms with Gasteiger partial charge in [-0.25, -0.2) is 0 Å². The molecular weight excluding hydrogens is 228 g/mol. The van der Waals surface area contributed by atoms with Gasteiger partial charge in [-0.2, -0.15) is 5.10 Å². The molecule has 1 aliphatic carbocycles. The maximum Gasteiger partial charge on any atom is 0.0942 e. The molecule has 0 amide bonds. The highest BCUT2D eigenvalue weighted by molar-refractivity contribution is 5.08. The van der Waals surface area contributed by atoms with E-state index in [9.17, 15) is 5.11 Å². The molecule has 0 bridgehead atoms. The molecule has 4 nitrogen and oxygen atoms in total. The first kappa shape index (κ1) is 13.6. The molecule has 0 aromatic carbocycles. The highest BCUT2D eigenvalue weighted by Gasteiger charge is 2.41. The van der Waals surface area contributed by atoms with Gasteiger partial charge in [0.15, 0.2) is 0 Å². The third-order valence-corrected chi connectivity index (χ3v) is 4.19. The Kier molecular flexibility index (Phi) is 4.07. The third-order valence-electron chi connectivity index (χ3n) is 4.19. The van der Waals surface area contributed by atoms with Crippen molar-refractivity contribution in [1.82, 2.24) is 9.78 Å². The zero-order valence-electron chi connectivity index (χ0n) is 11.6. The molecule has 2 rings (SSSR count). The molecule has 1 saturated carbocycles. The molecule has 1 aromatic rings. The molecule has 1 aliphatic rings. The van der Waals surface area contributed by atoms with E-state index in [0.29, 0.717) is 12.3 Å². The number of aryl methyl sites for hydroxylation is 1. The van der Waals surface area contributed by atoms with Gasteiger partial charge in [-0.05, 0) is 24.3 Å². The van der Waals surface area contributed by atoms with Gasteiger partial charge in [0, 0.05) is 26.8 Å². The summed E-state index contributed by atoms with van der Waals surface area (Å²) in [5.41, 5.74) is 0.702. The number of hydrogen-bond acceptors (Lipinski definition) is 3. The molecule has 4 heteroatoms. The molecule has 1 fully saturated rings. The minimum Gasteiger partial charge on any atom is -0.390 e. The van der Waals surface area contributed by atoms with E-state index in [-0.39, 0.29) is 5.60 Å². The zero-order chi connectivity index (χ0) is 13.2. The van der Waals surface area contributed by atoms with Gasteiger partial charge >= 0.3 is 0 Å². The van der Waals surface area contributed by atoms with Crippen molar-refractivity contribution in [1.29, 1.82) is 0 Å². The van der Waals surface area contributed by atoms with Crippen LogP contribution >= 0.6 is 0 Å². The number of ether oxygens (including phenoxy) is 1. The van der Waals surface area contributed by atoms with Crippen LogP contribution in [0.4, 0.5) is 0 Å². The quantitative estimate of drug-likeness (QED) is 0.890. The molecule has 1 heterocycles. The largest absolute Gasteiger partial charge is 0.390 e. The van der Waals surface area contributed by atoms with E-state index < -0.39 is 6.10 Å². The number of nitrogens with zero attached hydrogens (tertiary/aromatic N) is 2. The van der Waals surface area contributed by atoms with Crippen LogP contribution in [0.2, 0.25) is 0 Å². The predicted molar refractivity (Wildman–Crippen MR) is 70.3 cm³/mol. The monoisotopic (exact) mass is 252 g/mol. The number of aromatic nitrogens is 2. The Hall–Kier alpha value is -0.870. The number of aliphatic hydroxyl groups excluding tert-OH is 1. The molecule has 0 saturated heterocycles. The SMILES string of the molecule is COC1(C(O)Cc2cnn(C)c2)CCCC(C)C1. The van der Waals surface area contributed by atoms with E-state index in [0.717, 1.165) is 24.8 Å². The number of methoxy groups -OCH3 is 1. The van der Waals surface area contributed by atoms with E-state index in [2.05, 4.69) is 12.0 Å². The van der Waals surface area contributed by atoms with Gasteiger partial charge in [-0.1, -0.05) is 19.8 Å². The lowest BCUT2D eigenvalue weighted by molar-refractivity contribution is -0.131. The first-order valence-corrected chi connectivity index (χ1v) is 6.76. The smallest absolute Gasteiger partial charge is 0.0942 e. The summed E-state index contributed by atoms with van der Waals surface area (Å²) in [6.45, 7) is 2.24. The summed E-state index contributed by atoms with van der Waals surface area (Å²) in [4.78, 5) is 0. The molecule has 1 N–H and O–H groups in total. The van der Waals surface area contributed by atoms with E-state index in [1.165, 1.54) is 6.42 Å². The molecule has 1 aromatic heterocycles. The fraction of sp³-hybridized carbons (Fsp3) is 0.786. The van der Waals surface area contributed by atoms with E-state index in [1.54, 1.807) is 11.8 Å². The summed E-state index contributed by atoms with van der Waals surface area (Å²) >= 11 is 0. The van der Waals surface area contributed by atoms with Crippen molar-refractivity contribution >= 4 is 0 Å². The van der Waals surface area contributed by atoms with Gasteiger partial charge in [-0.3, -0.25) is 4.68 Å². The lowest BCUT2D eigenvalue weighted by atomic mass is 9.74. The second-order valence-electron chi connectivity index (χ2n) is 5.71. The van der Waals surface area contributed by atoms with Crippen LogP contribution in [0.1, 0.15) is 38.2 Å². The Morgan fingerprint density at radius 2 is 2.44 bits per heavy atom. The fourth-order valence-corrected chi connectivity index (χ4v) is 3.15. The van der Waals surface area contributed by atoms with Crippen molar-refractivity contribution in [3.05, 3.63) is 18.0 Å². The first-order chi connectivity index (χ1) is 8.55. The van der Waals surface area contributed by atoms with E-state index >= 15 is 0 Å². The Balaban J connectivity index is 2.07. The second-order valence-corrected chi connectivity index (χ2v) is 5.71. The molecule has 0 spiro atoms. The van der Waals surface area contributed by atoms with Crippen LogP contribution in [0.25, 0.3) is 0 Å². The number of aliphatic hydroxyl groups is 1. The standard InChI is InChI=1S/C14H24N2O2/c1-11-5-4-6-14(8-11,18-3)13(17)7-12-9-15-16(2)10-12/h9-11,13,17H,4-8H2,1-3H3. The molecule has 3 unspecified atom stereocenters. The summed E-state index contributed by atoms with van der Waals surface area (Å²) in [6.07, 6.45) is 8.23. The second kappa shape index (κ2) is 5.41. The highest BCUT2D eigenvalue weighted by Crippen LogP contribution is 2.38. The average Bonchev–Trinajstić information content (AvgIpc) is 2.74. The molecule has 0 aliphatic heterocycles. The molecule has 18 heavy (non-hydrogen) atoms. The minimum absolute atomic E-state index is 0.368. The van der Waals surface area contributed by atoms with E-state index in [1.807, 2.05) is 19.4 Å².